The molecule has 0 aliphatic rings. The van der Waals surface area contributed by atoms with Crippen LogP contribution in [0.4, 0.5) is 0 Å². The molecule has 26 heavy (non-hydrogen) atoms. The molecule has 1 aromatic heterocycles. The number of methoxy groups -OCH3 is 2. The molecule has 2 rings (SSSR count). The number of benzene rings is 1. The summed E-state index contributed by atoms with van der Waals surface area (Å²) in [6.45, 7) is 0.448. The summed E-state index contributed by atoms with van der Waals surface area (Å²) in [5, 5.41) is 3.34. The number of nitrogens with one attached hydrogen (secondary N) is 1. The van der Waals surface area contributed by atoms with E-state index in [0.717, 1.165) is 17.3 Å². The highest BCUT2D eigenvalue weighted by Crippen LogP contribution is 2.27. The lowest BCUT2D eigenvalue weighted by Crippen LogP contribution is -2.26. The number of primary amides is 1. The zero-order chi connectivity index (χ0) is 18.9. The lowest BCUT2D eigenvalue weighted by molar-refractivity contribution is -0.115. The van der Waals surface area contributed by atoms with Gasteiger partial charge in [-0.1, -0.05) is 17.8 Å². The second kappa shape index (κ2) is 9.67. The predicted octanol–water partition coefficient (Wildman–Crippen LogP) is 1.65. The largest absolute Gasteiger partial charge is 0.493 e. The normalized spacial score (nSPS) is 10.2. The SMILES string of the molecule is COc1ccc(CCNC(=O)c2cccnc2SCC(N)=O)cc1OC. The first-order valence-corrected chi connectivity index (χ1v) is 8.89. The summed E-state index contributed by atoms with van der Waals surface area (Å²) in [6, 6.07) is 8.98. The fourth-order valence-corrected chi connectivity index (χ4v) is 3.00. The van der Waals surface area contributed by atoms with E-state index in [1.165, 1.54) is 0 Å². The topological polar surface area (TPSA) is 104 Å². The molecular formula is C18H21N3O4S. The Bertz CT molecular complexity index is 783. The number of rotatable bonds is 9. The number of aromatic nitrogens is 1. The molecule has 8 heteroatoms. The van der Waals surface area contributed by atoms with Crippen molar-refractivity contribution in [3.05, 3.63) is 47.7 Å². The fourth-order valence-electron chi connectivity index (χ4n) is 2.27. The van der Waals surface area contributed by atoms with Gasteiger partial charge in [-0.15, -0.1) is 0 Å². The van der Waals surface area contributed by atoms with Crippen LogP contribution in [0, 0.1) is 0 Å². The molecule has 3 N–H and O–H groups in total. The number of nitrogens with two attached hydrogens (primary N) is 1. The summed E-state index contributed by atoms with van der Waals surface area (Å²) < 4.78 is 10.5. The predicted molar refractivity (Wildman–Crippen MR) is 99.7 cm³/mol. The minimum absolute atomic E-state index is 0.0724. The summed E-state index contributed by atoms with van der Waals surface area (Å²) in [7, 11) is 3.16. The van der Waals surface area contributed by atoms with Crippen molar-refractivity contribution in [1.82, 2.24) is 10.3 Å². The minimum atomic E-state index is -0.458. The maximum Gasteiger partial charge on any atom is 0.254 e. The quantitative estimate of drug-likeness (QED) is 0.646. The zero-order valence-electron chi connectivity index (χ0n) is 14.7. The van der Waals surface area contributed by atoms with E-state index in [0.29, 0.717) is 35.1 Å². The van der Waals surface area contributed by atoms with Gasteiger partial charge in [-0.05, 0) is 36.2 Å². The summed E-state index contributed by atoms with van der Waals surface area (Å²) in [5.41, 5.74) is 6.58. The second-order valence-corrected chi connectivity index (χ2v) is 6.27. The molecule has 0 aliphatic heterocycles. The van der Waals surface area contributed by atoms with Crippen molar-refractivity contribution >= 4 is 23.6 Å². The van der Waals surface area contributed by atoms with Crippen molar-refractivity contribution in [2.45, 2.75) is 11.4 Å². The molecule has 0 atom stereocenters. The summed E-state index contributed by atoms with van der Waals surface area (Å²) >= 11 is 1.15. The third kappa shape index (κ3) is 5.38. The van der Waals surface area contributed by atoms with Gasteiger partial charge in [0.15, 0.2) is 11.5 Å². The van der Waals surface area contributed by atoms with E-state index in [4.69, 9.17) is 15.2 Å². The van der Waals surface area contributed by atoms with Gasteiger partial charge in [0.1, 0.15) is 5.03 Å². The molecule has 1 heterocycles. The number of thioether (sulfide) groups is 1. The lowest BCUT2D eigenvalue weighted by Gasteiger charge is -2.11. The number of carbonyl (C=O) groups is 2. The first-order chi connectivity index (χ1) is 12.5. The number of pyridine rings is 1. The summed E-state index contributed by atoms with van der Waals surface area (Å²) in [6.07, 6.45) is 2.21. The van der Waals surface area contributed by atoms with Gasteiger partial charge in [0.25, 0.3) is 5.91 Å². The van der Waals surface area contributed by atoms with Crippen LogP contribution in [-0.2, 0) is 11.2 Å². The molecule has 138 valence electrons. The Morgan fingerprint density at radius 2 is 1.96 bits per heavy atom. The van der Waals surface area contributed by atoms with Crippen LogP contribution in [0.25, 0.3) is 0 Å². The molecule has 0 aliphatic carbocycles. The van der Waals surface area contributed by atoms with E-state index in [1.807, 2.05) is 18.2 Å². The Morgan fingerprint density at radius 1 is 1.19 bits per heavy atom. The third-order valence-electron chi connectivity index (χ3n) is 3.51. The number of hydrogen-bond donors (Lipinski definition) is 2. The molecule has 0 saturated heterocycles. The van der Waals surface area contributed by atoms with E-state index >= 15 is 0 Å². The number of ether oxygens (including phenoxy) is 2. The molecule has 0 bridgehead atoms. The molecule has 0 fully saturated rings. The van der Waals surface area contributed by atoms with Crippen LogP contribution in [0.2, 0.25) is 0 Å². The monoisotopic (exact) mass is 375 g/mol. The Labute approximate surface area is 156 Å². The third-order valence-corrected chi connectivity index (χ3v) is 4.54. The van der Waals surface area contributed by atoms with Crippen molar-refractivity contribution in [2.24, 2.45) is 5.73 Å². The standard InChI is InChI=1S/C18H21N3O4S/c1-24-14-6-5-12(10-15(14)25-2)7-9-20-17(23)13-4-3-8-21-18(13)26-11-16(19)22/h3-6,8,10H,7,9,11H2,1-2H3,(H2,19,22)(H,20,23). The molecular weight excluding hydrogens is 354 g/mol. The average Bonchev–Trinajstić information content (AvgIpc) is 2.66. The van der Waals surface area contributed by atoms with Crippen molar-refractivity contribution in [1.29, 1.82) is 0 Å². The molecule has 0 spiro atoms. The zero-order valence-corrected chi connectivity index (χ0v) is 15.5. The summed E-state index contributed by atoms with van der Waals surface area (Å²) in [4.78, 5) is 27.5. The smallest absolute Gasteiger partial charge is 0.254 e. The first kappa shape index (κ1) is 19.6. The van der Waals surface area contributed by atoms with Gasteiger partial charge in [0, 0.05) is 12.7 Å². The molecule has 0 radical (unpaired) electrons. The van der Waals surface area contributed by atoms with E-state index in [-0.39, 0.29) is 11.7 Å². The Morgan fingerprint density at radius 3 is 2.65 bits per heavy atom. The summed E-state index contributed by atoms with van der Waals surface area (Å²) in [5.74, 6) is 0.676. The molecule has 2 aromatic rings. The van der Waals surface area contributed by atoms with Crippen LogP contribution >= 0.6 is 11.8 Å². The van der Waals surface area contributed by atoms with Gasteiger partial charge >= 0.3 is 0 Å². The molecule has 0 saturated carbocycles. The molecule has 7 nitrogen and oxygen atoms in total. The number of hydrogen-bond acceptors (Lipinski definition) is 6. The Hall–Kier alpha value is -2.74. The van der Waals surface area contributed by atoms with Crippen LogP contribution in [0.1, 0.15) is 15.9 Å². The fraction of sp³-hybridized carbons (Fsp3) is 0.278. The van der Waals surface area contributed by atoms with Gasteiger partial charge in [-0.25, -0.2) is 4.98 Å². The van der Waals surface area contributed by atoms with Gasteiger partial charge in [0.2, 0.25) is 5.91 Å². The lowest BCUT2D eigenvalue weighted by atomic mass is 10.1. The van der Waals surface area contributed by atoms with Crippen molar-refractivity contribution < 1.29 is 19.1 Å². The highest BCUT2D eigenvalue weighted by molar-refractivity contribution is 8.00. The second-order valence-electron chi connectivity index (χ2n) is 5.31. The van der Waals surface area contributed by atoms with E-state index in [9.17, 15) is 9.59 Å². The van der Waals surface area contributed by atoms with Crippen molar-refractivity contribution in [3.63, 3.8) is 0 Å². The number of nitrogens with zero attached hydrogens (tertiary/aromatic N) is 1. The van der Waals surface area contributed by atoms with Gasteiger partial charge in [-0.3, -0.25) is 9.59 Å². The number of carbonyl (C=O) groups excluding carboxylic acids is 2. The molecule has 0 unspecified atom stereocenters. The van der Waals surface area contributed by atoms with E-state index < -0.39 is 5.91 Å². The van der Waals surface area contributed by atoms with E-state index in [1.54, 1.807) is 32.5 Å². The van der Waals surface area contributed by atoms with Gasteiger partial charge < -0.3 is 20.5 Å². The van der Waals surface area contributed by atoms with Crippen LogP contribution in [0.15, 0.2) is 41.6 Å². The molecule has 1 aromatic carbocycles. The van der Waals surface area contributed by atoms with Crippen LogP contribution in [-0.4, -0.2) is 43.3 Å². The average molecular weight is 375 g/mol. The highest BCUT2D eigenvalue weighted by Gasteiger charge is 2.13. The van der Waals surface area contributed by atoms with Crippen LogP contribution in [0.3, 0.4) is 0 Å². The van der Waals surface area contributed by atoms with Gasteiger partial charge in [0.05, 0.1) is 25.5 Å². The van der Waals surface area contributed by atoms with Crippen molar-refractivity contribution in [2.75, 3.05) is 26.5 Å². The maximum atomic E-state index is 12.4. The number of amides is 2. The first-order valence-electron chi connectivity index (χ1n) is 7.90. The highest BCUT2D eigenvalue weighted by atomic mass is 32.2. The Kier molecular flexibility index (Phi) is 7.28. The Balaban J connectivity index is 1.96. The molecule has 2 amide bonds. The minimum Gasteiger partial charge on any atom is -0.493 e. The van der Waals surface area contributed by atoms with Crippen LogP contribution < -0.4 is 20.5 Å². The van der Waals surface area contributed by atoms with Gasteiger partial charge in [-0.2, -0.15) is 0 Å². The maximum absolute atomic E-state index is 12.4. The van der Waals surface area contributed by atoms with E-state index in [2.05, 4.69) is 10.3 Å². The van der Waals surface area contributed by atoms with Crippen LogP contribution in [0.5, 0.6) is 11.5 Å². The van der Waals surface area contributed by atoms with Crippen molar-refractivity contribution in [3.8, 4) is 11.5 Å².